The summed E-state index contributed by atoms with van der Waals surface area (Å²) in [6.07, 6.45) is 8.28. The van der Waals surface area contributed by atoms with Gasteiger partial charge in [-0.15, -0.1) is 0 Å². The molecule has 2 atom stereocenters. The summed E-state index contributed by atoms with van der Waals surface area (Å²) < 4.78 is 0. The maximum atomic E-state index is 11.6. The summed E-state index contributed by atoms with van der Waals surface area (Å²) in [7, 11) is 0. The van der Waals surface area contributed by atoms with Crippen molar-refractivity contribution in [3.05, 3.63) is 0 Å². The highest BCUT2D eigenvalue weighted by Crippen LogP contribution is 2.20. The number of hydrogen-bond acceptors (Lipinski definition) is 3. The maximum absolute atomic E-state index is 11.6. The molecule has 0 aliphatic carbocycles. The molecule has 2 nitrogen and oxygen atoms in total. The fourth-order valence-corrected chi connectivity index (χ4v) is 2.99. The van der Waals surface area contributed by atoms with Crippen LogP contribution in [-0.2, 0) is 4.79 Å². The van der Waals surface area contributed by atoms with Crippen molar-refractivity contribution < 1.29 is 4.79 Å². The highest BCUT2D eigenvalue weighted by molar-refractivity contribution is 7.98. The van der Waals surface area contributed by atoms with Crippen molar-refractivity contribution in [2.75, 3.05) is 25.1 Å². The second kappa shape index (κ2) is 8.15. The summed E-state index contributed by atoms with van der Waals surface area (Å²) >= 11 is 1.94. The first-order valence-electron chi connectivity index (χ1n) is 6.92. The average Bonchev–Trinajstić information content (AvgIpc) is 2.33. The molecule has 0 amide bonds. The summed E-state index contributed by atoms with van der Waals surface area (Å²) in [5, 5.41) is 0. The van der Waals surface area contributed by atoms with E-state index < -0.39 is 0 Å². The number of likely N-dealkylation sites (tertiary alicyclic amines) is 1. The van der Waals surface area contributed by atoms with Crippen molar-refractivity contribution >= 4 is 17.5 Å². The lowest BCUT2D eigenvalue weighted by atomic mass is 9.90. The number of unbranched alkanes of at least 4 members (excludes halogenated alkanes) is 3. The van der Waals surface area contributed by atoms with E-state index in [2.05, 4.69) is 25.0 Å². The van der Waals surface area contributed by atoms with E-state index >= 15 is 0 Å². The summed E-state index contributed by atoms with van der Waals surface area (Å²) in [5.74, 6) is 1.99. The smallest absolute Gasteiger partial charge is 0.138 e. The first-order chi connectivity index (χ1) is 8.16. The molecule has 1 aliphatic rings. The van der Waals surface area contributed by atoms with E-state index in [-0.39, 0.29) is 5.92 Å². The normalized spacial score (nSPS) is 26.4. The zero-order chi connectivity index (χ0) is 12.7. The van der Waals surface area contributed by atoms with Crippen LogP contribution in [0.3, 0.4) is 0 Å². The Balaban J connectivity index is 2.12. The number of nitrogens with zero attached hydrogens (tertiary/aromatic N) is 1. The average molecular weight is 257 g/mol. The van der Waals surface area contributed by atoms with Crippen molar-refractivity contribution in [3.8, 4) is 0 Å². The van der Waals surface area contributed by atoms with Crippen LogP contribution < -0.4 is 0 Å². The second-order valence-electron chi connectivity index (χ2n) is 5.19. The second-order valence-corrected chi connectivity index (χ2v) is 6.17. The molecule has 17 heavy (non-hydrogen) atoms. The predicted molar refractivity (Wildman–Crippen MR) is 76.7 cm³/mol. The third-order valence-electron chi connectivity index (χ3n) is 4.00. The molecule has 0 N–H and O–H groups in total. The number of carbonyl (C=O) groups excluding carboxylic acids is 1. The van der Waals surface area contributed by atoms with Crippen molar-refractivity contribution in [3.63, 3.8) is 0 Å². The molecule has 0 aromatic carbocycles. The van der Waals surface area contributed by atoms with E-state index in [0.717, 1.165) is 13.0 Å². The largest absolute Gasteiger partial charge is 0.300 e. The van der Waals surface area contributed by atoms with Crippen LogP contribution in [-0.4, -0.2) is 41.8 Å². The first kappa shape index (κ1) is 15.0. The maximum Gasteiger partial charge on any atom is 0.138 e. The fraction of sp³-hybridized carbons (Fsp3) is 0.929. The van der Waals surface area contributed by atoms with Crippen molar-refractivity contribution in [1.82, 2.24) is 4.90 Å². The Hall–Kier alpha value is -0.0200. The Bertz CT molecular complexity index is 232. The van der Waals surface area contributed by atoms with Gasteiger partial charge < -0.3 is 0 Å². The highest BCUT2D eigenvalue weighted by Gasteiger charge is 2.29. The van der Waals surface area contributed by atoms with Gasteiger partial charge in [0, 0.05) is 24.9 Å². The SMILES string of the molecule is CSCCCCCCN1CCC(=O)C(C)C1C. The summed E-state index contributed by atoms with van der Waals surface area (Å²) in [6.45, 7) is 6.44. The monoisotopic (exact) mass is 257 g/mol. The molecule has 0 saturated carbocycles. The minimum Gasteiger partial charge on any atom is -0.300 e. The molecular weight excluding hydrogens is 230 g/mol. The van der Waals surface area contributed by atoms with Crippen LogP contribution in [0.25, 0.3) is 0 Å². The Morgan fingerprint density at radius 1 is 1.24 bits per heavy atom. The van der Waals surface area contributed by atoms with Gasteiger partial charge in [0.25, 0.3) is 0 Å². The van der Waals surface area contributed by atoms with Gasteiger partial charge in [0.15, 0.2) is 0 Å². The minimum absolute atomic E-state index is 0.236. The van der Waals surface area contributed by atoms with E-state index in [9.17, 15) is 4.79 Å². The molecule has 2 unspecified atom stereocenters. The Morgan fingerprint density at radius 3 is 2.65 bits per heavy atom. The van der Waals surface area contributed by atoms with E-state index in [4.69, 9.17) is 0 Å². The lowest BCUT2D eigenvalue weighted by Crippen LogP contribution is -2.47. The van der Waals surface area contributed by atoms with Crippen LogP contribution in [0.4, 0.5) is 0 Å². The van der Waals surface area contributed by atoms with Crippen LogP contribution in [0.5, 0.6) is 0 Å². The van der Waals surface area contributed by atoms with Gasteiger partial charge in [-0.3, -0.25) is 9.69 Å². The summed E-state index contributed by atoms with van der Waals surface area (Å²) in [4.78, 5) is 14.1. The molecule has 1 saturated heterocycles. The lowest BCUT2D eigenvalue weighted by molar-refractivity contribution is -0.127. The van der Waals surface area contributed by atoms with Gasteiger partial charge in [0.1, 0.15) is 5.78 Å². The molecule has 0 bridgehead atoms. The number of ketones is 1. The molecular formula is C14H27NOS. The predicted octanol–water partition coefficient (Wildman–Crippen LogP) is 3.21. The van der Waals surface area contributed by atoms with Crippen LogP contribution in [0.2, 0.25) is 0 Å². The van der Waals surface area contributed by atoms with Gasteiger partial charge in [0.2, 0.25) is 0 Å². The van der Waals surface area contributed by atoms with Crippen LogP contribution >= 0.6 is 11.8 Å². The van der Waals surface area contributed by atoms with Crippen LogP contribution in [0.15, 0.2) is 0 Å². The lowest BCUT2D eigenvalue weighted by Gasteiger charge is -2.36. The number of hydrogen-bond donors (Lipinski definition) is 0. The van der Waals surface area contributed by atoms with Gasteiger partial charge in [-0.05, 0) is 38.3 Å². The fourth-order valence-electron chi connectivity index (χ4n) is 2.50. The van der Waals surface area contributed by atoms with Gasteiger partial charge in [-0.1, -0.05) is 19.8 Å². The topological polar surface area (TPSA) is 20.3 Å². The first-order valence-corrected chi connectivity index (χ1v) is 8.32. The molecule has 1 aliphatic heterocycles. The molecule has 1 rings (SSSR count). The molecule has 3 heteroatoms. The Kier molecular flexibility index (Phi) is 7.21. The highest BCUT2D eigenvalue weighted by atomic mass is 32.2. The summed E-state index contributed by atoms with van der Waals surface area (Å²) in [5.41, 5.74) is 0. The summed E-state index contributed by atoms with van der Waals surface area (Å²) in [6, 6.07) is 0.447. The number of rotatable bonds is 7. The number of piperidine rings is 1. The third kappa shape index (κ3) is 5.01. The Labute approximate surface area is 111 Å². The standard InChI is InChI=1S/C14H27NOS/c1-12-13(2)15(10-8-14(12)16)9-6-4-5-7-11-17-3/h12-13H,4-11H2,1-3H3. The quantitative estimate of drug-likeness (QED) is 0.653. The minimum atomic E-state index is 0.236. The number of thioether (sulfide) groups is 1. The van der Waals surface area contributed by atoms with E-state index in [1.807, 2.05) is 11.8 Å². The zero-order valence-corrected chi connectivity index (χ0v) is 12.4. The molecule has 1 heterocycles. The molecule has 1 fully saturated rings. The van der Waals surface area contributed by atoms with Crippen molar-refractivity contribution in [2.45, 2.75) is 52.0 Å². The Morgan fingerprint density at radius 2 is 1.94 bits per heavy atom. The van der Waals surface area contributed by atoms with E-state index in [1.54, 1.807) is 0 Å². The third-order valence-corrected chi connectivity index (χ3v) is 4.69. The number of Topliss-reactive ketones (excluding diaryl/α,β-unsaturated/α-hetero) is 1. The van der Waals surface area contributed by atoms with Gasteiger partial charge in [0.05, 0.1) is 0 Å². The molecule has 0 aromatic heterocycles. The van der Waals surface area contributed by atoms with Gasteiger partial charge in [-0.25, -0.2) is 0 Å². The molecule has 0 spiro atoms. The zero-order valence-electron chi connectivity index (χ0n) is 11.6. The molecule has 0 aromatic rings. The van der Waals surface area contributed by atoms with Crippen molar-refractivity contribution in [2.24, 2.45) is 5.92 Å². The number of carbonyl (C=O) groups is 1. The van der Waals surface area contributed by atoms with Gasteiger partial charge in [-0.2, -0.15) is 11.8 Å². The van der Waals surface area contributed by atoms with Crippen LogP contribution in [0, 0.1) is 5.92 Å². The van der Waals surface area contributed by atoms with Gasteiger partial charge >= 0.3 is 0 Å². The molecule has 100 valence electrons. The van der Waals surface area contributed by atoms with E-state index in [0.29, 0.717) is 11.8 Å². The van der Waals surface area contributed by atoms with E-state index in [1.165, 1.54) is 38.0 Å². The van der Waals surface area contributed by atoms with Crippen LogP contribution in [0.1, 0.15) is 46.0 Å². The van der Waals surface area contributed by atoms with Crippen molar-refractivity contribution in [1.29, 1.82) is 0 Å². The molecule has 0 radical (unpaired) electrons.